The van der Waals surface area contributed by atoms with E-state index in [1.165, 1.54) is 22.2 Å². The number of pyridine rings is 1. The van der Waals surface area contributed by atoms with Crippen molar-refractivity contribution in [1.82, 2.24) is 24.1 Å². The van der Waals surface area contributed by atoms with E-state index in [0.717, 1.165) is 17.8 Å². The van der Waals surface area contributed by atoms with Gasteiger partial charge in [-0.1, -0.05) is 53.5 Å². The second-order valence-electron chi connectivity index (χ2n) is 8.14. The highest BCUT2D eigenvalue weighted by Crippen LogP contribution is 2.36. The SMILES string of the molecule is Cn1nc2c(-c3ccc(Cl)cc3)c(-c3ccc(Cl)cc3)nc(NCc3ccc(C(F)(F)F)nc3)n2c1=O. The summed E-state index contributed by atoms with van der Waals surface area (Å²) >= 11 is 12.2. The lowest BCUT2D eigenvalue weighted by Gasteiger charge is -2.15. The third-order valence-corrected chi connectivity index (χ3v) is 6.13. The lowest BCUT2D eigenvalue weighted by atomic mass is 10.00. The molecule has 37 heavy (non-hydrogen) atoms. The van der Waals surface area contributed by atoms with E-state index < -0.39 is 17.6 Å². The maximum atomic E-state index is 13.1. The van der Waals surface area contributed by atoms with Gasteiger partial charge in [-0.15, -0.1) is 5.10 Å². The number of nitrogens with one attached hydrogen (secondary N) is 1. The van der Waals surface area contributed by atoms with Crippen LogP contribution in [-0.2, 0) is 19.8 Å². The van der Waals surface area contributed by atoms with Crippen molar-refractivity contribution < 1.29 is 13.2 Å². The van der Waals surface area contributed by atoms with Crippen LogP contribution in [0.4, 0.5) is 19.1 Å². The smallest absolute Gasteiger partial charge is 0.351 e. The van der Waals surface area contributed by atoms with E-state index in [1.54, 1.807) is 48.5 Å². The van der Waals surface area contributed by atoms with Gasteiger partial charge in [-0.3, -0.25) is 4.98 Å². The van der Waals surface area contributed by atoms with Gasteiger partial charge >= 0.3 is 11.9 Å². The summed E-state index contributed by atoms with van der Waals surface area (Å²) in [4.78, 5) is 21.3. The fourth-order valence-corrected chi connectivity index (χ4v) is 4.08. The Bertz CT molecular complexity index is 1640. The highest BCUT2D eigenvalue weighted by atomic mass is 35.5. The molecule has 3 aromatic heterocycles. The van der Waals surface area contributed by atoms with Gasteiger partial charge < -0.3 is 5.32 Å². The maximum Gasteiger partial charge on any atom is 0.433 e. The van der Waals surface area contributed by atoms with Gasteiger partial charge in [-0.05, 0) is 41.5 Å². The van der Waals surface area contributed by atoms with Gasteiger partial charge in [0, 0.05) is 35.4 Å². The number of aromatic nitrogens is 5. The molecule has 0 aliphatic carbocycles. The molecule has 0 bridgehead atoms. The minimum atomic E-state index is -4.53. The van der Waals surface area contributed by atoms with Crippen molar-refractivity contribution in [1.29, 1.82) is 0 Å². The molecular formula is C25H17Cl2F3N6O. The molecule has 1 N–H and O–H groups in total. The van der Waals surface area contributed by atoms with Crippen molar-refractivity contribution in [3.05, 3.63) is 98.6 Å². The van der Waals surface area contributed by atoms with Crippen LogP contribution in [0.15, 0.2) is 71.7 Å². The summed E-state index contributed by atoms with van der Waals surface area (Å²) in [5, 5.41) is 8.60. The molecule has 12 heteroatoms. The van der Waals surface area contributed by atoms with E-state index >= 15 is 0 Å². The molecule has 3 heterocycles. The number of rotatable bonds is 5. The van der Waals surface area contributed by atoms with E-state index in [-0.39, 0.29) is 12.5 Å². The molecule has 0 aliphatic rings. The van der Waals surface area contributed by atoms with Crippen LogP contribution >= 0.6 is 23.2 Å². The number of benzene rings is 2. The van der Waals surface area contributed by atoms with Crippen molar-refractivity contribution in [2.45, 2.75) is 12.7 Å². The Kier molecular flexibility index (Phi) is 6.38. The number of hydrogen-bond acceptors (Lipinski definition) is 5. The highest BCUT2D eigenvalue weighted by Gasteiger charge is 2.32. The standard InChI is InChI=1S/C25H17Cl2F3N6O/c1-35-24(37)36-22(34-35)20(15-3-7-17(26)8-4-15)21(16-5-9-18(27)10-6-16)33-23(36)32-13-14-2-11-19(31-12-14)25(28,29)30/h2-12H,13H2,1H3,(H,32,33). The second-order valence-corrected chi connectivity index (χ2v) is 9.01. The van der Waals surface area contributed by atoms with E-state index in [0.29, 0.717) is 38.1 Å². The van der Waals surface area contributed by atoms with E-state index in [2.05, 4.69) is 15.4 Å². The van der Waals surface area contributed by atoms with Crippen molar-refractivity contribution in [2.24, 2.45) is 7.05 Å². The summed E-state index contributed by atoms with van der Waals surface area (Å²) < 4.78 is 41.1. The highest BCUT2D eigenvalue weighted by molar-refractivity contribution is 6.31. The molecule has 0 atom stereocenters. The molecule has 0 unspecified atom stereocenters. The predicted molar refractivity (Wildman–Crippen MR) is 136 cm³/mol. The summed E-state index contributed by atoms with van der Waals surface area (Å²) in [6.45, 7) is 0.0644. The minimum absolute atomic E-state index is 0.0644. The molecule has 7 nitrogen and oxygen atoms in total. The van der Waals surface area contributed by atoms with E-state index in [1.807, 2.05) is 0 Å². The summed E-state index contributed by atoms with van der Waals surface area (Å²) in [5.41, 5.74) is 1.93. The Morgan fingerprint density at radius 3 is 2.11 bits per heavy atom. The Morgan fingerprint density at radius 1 is 0.919 bits per heavy atom. The van der Waals surface area contributed by atoms with Crippen molar-refractivity contribution in [2.75, 3.05) is 5.32 Å². The fraction of sp³-hybridized carbons (Fsp3) is 0.120. The molecule has 0 aliphatic heterocycles. The van der Waals surface area contributed by atoms with Gasteiger partial charge in [0.15, 0.2) is 5.65 Å². The molecule has 5 rings (SSSR count). The van der Waals surface area contributed by atoms with Crippen LogP contribution in [0.2, 0.25) is 10.0 Å². The molecule has 0 spiro atoms. The van der Waals surface area contributed by atoms with Crippen LogP contribution in [0.25, 0.3) is 28.0 Å². The second kappa shape index (κ2) is 9.53. The van der Waals surface area contributed by atoms with Gasteiger partial charge in [0.2, 0.25) is 5.95 Å². The fourth-order valence-electron chi connectivity index (χ4n) is 3.83. The first-order valence-electron chi connectivity index (χ1n) is 10.9. The molecule has 0 radical (unpaired) electrons. The Morgan fingerprint density at radius 2 is 1.54 bits per heavy atom. The zero-order chi connectivity index (χ0) is 26.3. The van der Waals surface area contributed by atoms with Gasteiger partial charge in [-0.2, -0.15) is 13.2 Å². The first-order chi connectivity index (χ1) is 17.6. The number of hydrogen-bond donors (Lipinski definition) is 1. The monoisotopic (exact) mass is 544 g/mol. The first kappa shape index (κ1) is 24.8. The molecule has 188 valence electrons. The molecule has 5 aromatic rings. The summed E-state index contributed by atoms with van der Waals surface area (Å²) in [6, 6.07) is 16.3. The van der Waals surface area contributed by atoms with Crippen molar-refractivity contribution in [3.8, 4) is 22.4 Å². The number of aryl methyl sites for hydroxylation is 1. The molecule has 0 fully saturated rings. The Hall–Kier alpha value is -3.89. The van der Waals surface area contributed by atoms with E-state index in [4.69, 9.17) is 28.2 Å². The minimum Gasteiger partial charge on any atom is -0.351 e. The third kappa shape index (κ3) is 4.90. The van der Waals surface area contributed by atoms with Crippen molar-refractivity contribution >= 4 is 34.8 Å². The lowest BCUT2D eigenvalue weighted by Crippen LogP contribution is -2.21. The molecule has 0 saturated carbocycles. The van der Waals surface area contributed by atoms with Crippen LogP contribution in [0.5, 0.6) is 0 Å². The van der Waals surface area contributed by atoms with E-state index in [9.17, 15) is 18.0 Å². The number of fused-ring (bicyclic) bond motifs is 1. The largest absolute Gasteiger partial charge is 0.433 e. The van der Waals surface area contributed by atoms with Gasteiger partial charge in [0.25, 0.3) is 0 Å². The van der Waals surface area contributed by atoms with Crippen LogP contribution < -0.4 is 11.0 Å². The zero-order valence-corrected chi connectivity index (χ0v) is 20.6. The predicted octanol–water partition coefficient (Wildman–Crippen LogP) is 6.09. The summed E-state index contributed by atoms with van der Waals surface area (Å²) in [5.74, 6) is 0.163. The number of alkyl halides is 3. The average Bonchev–Trinajstić information content (AvgIpc) is 3.17. The third-order valence-electron chi connectivity index (χ3n) is 5.63. The van der Waals surface area contributed by atoms with Crippen LogP contribution in [-0.4, -0.2) is 24.1 Å². The lowest BCUT2D eigenvalue weighted by molar-refractivity contribution is -0.141. The number of anilines is 1. The van der Waals surface area contributed by atoms with Gasteiger partial charge in [0.1, 0.15) is 5.69 Å². The Labute approximate surface area is 218 Å². The number of halogens is 5. The van der Waals surface area contributed by atoms with Crippen molar-refractivity contribution in [3.63, 3.8) is 0 Å². The molecular weight excluding hydrogens is 528 g/mol. The topological polar surface area (TPSA) is 77.1 Å². The number of nitrogens with zero attached hydrogens (tertiary/aromatic N) is 5. The maximum absolute atomic E-state index is 13.1. The molecule has 2 aromatic carbocycles. The zero-order valence-electron chi connectivity index (χ0n) is 19.1. The average molecular weight is 545 g/mol. The molecule has 0 saturated heterocycles. The molecule has 0 amide bonds. The first-order valence-corrected chi connectivity index (χ1v) is 11.6. The normalized spacial score (nSPS) is 11.7. The van der Waals surface area contributed by atoms with Crippen LogP contribution in [0.3, 0.4) is 0 Å². The van der Waals surface area contributed by atoms with Crippen LogP contribution in [0.1, 0.15) is 11.3 Å². The van der Waals surface area contributed by atoms with Crippen LogP contribution in [0, 0.1) is 0 Å². The van der Waals surface area contributed by atoms with Gasteiger partial charge in [0.05, 0.1) is 11.3 Å². The summed E-state index contributed by atoms with van der Waals surface area (Å²) in [7, 11) is 1.52. The quantitative estimate of drug-likeness (QED) is 0.289. The van der Waals surface area contributed by atoms with Gasteiger partial charge in [-0.25, -0.2) is 18.9 Å². The summed E-state index contributed by atoms with van der Waals surface area (Å²) in [6.07, 6.45) is -3.41. The Balaban J connectivity index is 1.67.